The fourth-order valence-corrected chi connectivity index (χ4v) is 3.51. The molecule has 0 atom stereocenters. The lowest BCUT2D eigenvalue weighted by molar-refractivity contribution is 0.400. The van der Waals surface area contributed by atoms with Gasteiger partial charge in [-0.25, -0.2) is 0 Å². The summed E-state index contributed by atoms with van der Waals surface area (Å²) in [6.45, 7) is 4.58. The van der Waals surface area contributed by atoms with E-state index in [4.69, 9.17) is 0 Å². The van der Waals surface area contributed by atoms with Crippen LogP contribution in [0.25, 0.3) is 0 Å². The van der Waals surface area contributed by atoms with E-state index in [2.05, 4.69) is 90.3 Å². The van der Waals surface area contributed by atoms with E-state index in [1.165, 1.54) is 27.1 Å². The summed E-state index contributed by atoms with van der Waals surface area (Å²) in [6.07, 6.45) is 2.12. The average Bonchev–Trinajstić information content (AvgIpc) is 2.63. The molecule has 2 rings (SSSR count). The second-order valence-electron chi connectivity index (χ2n) is 6.60. The Labute approximate surface area is 162 Å². The third kappa shape index (κ3) is 6.07. The van der Waals surface area contributed by atoms with Gasteiger partial charge >= 0.3 is 0 Å². The average molecular weight is 371 g/mol. The van der Waals surface area contributed by atoms with Gasteiger partial charge in [-0.15, -0.1) is 11.8 Å². The van der Waals surface area contributed by atoms with Crippen LogP contribution in [0.1, 0.15) is 22.3 Å². The lowest BCUT2D eigenvalue weighted by Crippen LogP contribution is -2.36. The highest BCUT2D eigenvalue weighted by molar-refractivity contribution is 7.98. The molecule has 0 saturated carbocycles. The van der Waals surface area contributed by atoms with E-state index >= 15 is 0 Å². The zero-order valence-corrected chi connectivity index (χ0v) is 17.3. The number of hydrogen-bond donors (Lipinski definition) is 2. The van der Waals surface area contributed by atoms with Crippen LogP contribution in [-0.4, -0.2) is 38.3 Å². The van der Waals surface area contributed by atoms with Gasteiger partial charge in [0.2, 0.25) is 0 Å². The van der Waals surface area contributed by atoms with Gasteiger partial charge in [0.1, 0.15) is 0 Å². The van der Waals surface area contributed by atoms with Gasteiger partial charge in [-0.1, -0.05) is 36.4 Å². The van der Waals surface area contributed by atoms with Crippen molar-refractivity contribution in [3.63, 3.8) is 0 Å². The largest absolute Gasteiger partial charge is 0.352 e. The zero-order chi connectivity index (χ0) is 18.9. The highest BCUT2D eigenvalue weighted by Gasteiger charge is 2.06. The summed E-state index contributed by atoms with van der Waals surface area (Å²) in [6, 6.07) is 15.1. The molecule has 0 aliphatic carbocycles. The number of hydrogen-bond acceptors (Lipinski definition) is 3. The maximum absolute atomic E-state index is 4.36. The molecule has 0 aliphatic rings. The summed E-state index contributed by atoms with van der Waals surface area (Å²) in [5.41, 5.74) is 5.21. The van der Waals surface area contributed by atoms with Gasteiger partial charge in [0.25, 0.3) is 0 Å². The van der Waals surface area contributed by atoms with Crippen LogP contribution in [0.15, 0.2) is 52.4 Å². The molecular weight excluding hydrogens is 340 g/mol. The molecule has 0 unspecified atom stereocenters. The molecule has 140 valence electrons. The molecule has 0 amide bonds. The maximum atomic E-state index is 4.36. The van der Waals surface area contributed by atoms with Gasteiger partial charge in [-0.3, -0.25) is 4.99 Å². The number of aliphatic imine (C=N–C) groups is 1. The third-order valence-corrected chi connectivity index (χ3v) is 4.98. The first-order valence-corrected chi connectivity index (χ1v) is 10.1. The standard InChI is InChI=1S/C21H30N4S/c1-16-10-11-18(20(12-16)26-5)14-24-21(22-2)23-13-17-8-6-7-9-19(17)15-25(3)4/h6-12H,13-15H2,1-5H3,(H2,22,23,24). The van der Waals surface area contributed by atoms with Crippen molar-refractivity contribution in [2.45, 2.75) is 31.5 Å². The molecule has 2 aromatic rings. The van der Waals surface area contributed by atoms with Gasteiger partial charge in [0.05, 0.1) is 0 Å². The number of aryl methyl sites for hydroxylation is 1. The molecule has 2 aromatic carbocycles. The SMILES string of the molecule is CN=C(NCc1ccccc1CN(C)C)NCc1ccc(C)cc1SC. The van der Waals surface area contributed by atoms with Gasteiger partial charge in [-0.05, 0) is 55.6 Å². The van der Waals surface area contributed by atoms with Crippen LogP contribution in [0.2, 0.25) is 0 Å². The van der Waals surface area contributed by atoms with Crippen molar-refractivity contribution in [3.05, 3.63) is 64.7 Å². The molecule has 0 spiro atoms. The fraction of sp³-hybridized carbons (Fsp3) is 0.381. The van der Waals surface area contributed by atoms with Gasteiger partial charge in [0, 0.05) is 31.6 Å². The lowest BCUT2D eigenvalue weighted by Gasteiger charge is -2.17. The Morgan fingerprint density at radius 1 is 1.00 bits per heavy atom. The number of nitrogens with zero attached hydrogens (tertiary/aromatic N) is 2. The van der Waals surface area contributed by atoms with Crippen LogP contribution < -0.4 is 10.6 Å². The minimum atomic E-state index is 0.757. The monoisotopic (exact) mass is 370 g/mol. The highest BCUT2D eigenvalue weighted by atomic mass is 32.2. The minimum Gasteiger partial charge on any atom is -0.352 e. The van der Waals surface area contributed by atoms with Crippen molar-refractivity contribution < 1.29 is 0 Å². The molecule has 0 heterocycles. The van der Waals surface area contributed by atoms with Crippen LogP contribution in [0.5, 0.6) is 0 Å². The molecule has 0 aromatic heterocycles. The molecule has 0 aliphatic heterocycles. The molecular formula is C21H30N4S. The Morgan fingerprint density at radius 2 is 1.65 bits per heavy atom. The summed E-state index contributed by atoms with van der Waals surface area (Å²) in [5, 5.41) is 6.86. The van der Waals surface area contributed by atoms with Crippen molar-refractivity contribution in [1.82, 2.24) is 15.5 Å². The number of nitrogens with one attached hydrogen (secondary N) is 2. The Morgan fingerprint density at radius 3 is 2.27 bits per heavy atom. The van der Waals surface area contributed by atoms with Crippen LogP contribution >= 0.6 is 11.8 Å². The topological polar surface area (TPSA) is 39.7 Å². The summed E-state index contributed by atoms with van der Waals surface area (Å²) >= 11 is 1.78. The molecule has 2 N–H and O–H groups in total. The van der Waals surface area contributed by atoms with Crippen molar-refractivity contribution in [2.24, 2.45) is 4.99 Å². The van der Waals surface area contributed by atoms with E-state index in [1.54, 1.807) is 11.8 Å². The van der Waals surface area contributed by atoms with E-state index in [0.29, 0.717) is 0 Å². The summed E-state index contributed by atoms with van der Waals surface area (Å²) < 4.78 is 0. The van der Waals surface area contributed by atoms with E-state index in [9.17, 15) is 0 Å². The summed E-state index contributed by atoms with van der Waals surface area (Å²) in [4.78, 5) is 7.86. The number of rotatable bonds is 7. The molecule has 26 heavy (non-hydrogen) atoms. The molecule has 0 saturated heterocycles. The van der Waals surface area contributed by atoms with Gasteiger partial charge in [-0.2, -0.15) is 0 Å². The lowest BCUT2D eigenvalue weighted by atomic mass is 10.1. The maximum Gasteiger partial charge on any atom is 0.191 e. The zero-order valence-electron chi connectivity index (χ0n) is 16.5. The predicted octanol–water partition coefficient (Wildman–Crippen LogP) is 3.64. The van der Waals surface area contributed by atoms with Crippen LogP contribution in [0.4, 0.5) is 0 Å². The Kier molecular flexibility index (Phi) is 8.01. The molecule has 4 nitrogen and oxygen atoms in total. The second kappa shape index (κ2) is 10.2. The van der Waals surface area contributed by atoms with Crippen molar-refractivity contribution >= 4 is 17.7 Å². The first kappa shape index (κ1) is 20.3. The number of thioether (sulfide) groups is 1. The quantitative estimate of drug-likeness (QED) is 0.443. The number of benzene rings is 2. The smallest absolute Gasteiger partial charge is 0.191 e. The summed E-state index contributed by atoms with van der Waals surface area (Å²) in [5.74, 6) is 0.817. The minimum absolute atomic E-state index is 0.757. The number of guanidine groups is 1. The highest BCUT2D eigenvalue weighted by Crippen LogP contribution is 2.21. The Hall–Kier alpha value is -1.98. The Balaban J connectivity index is 1.97. The van der Waals surface area contributed by atoms with E-state index in [1.807, 2.05) is 7.05 Å². The van der Waals surface area contributed by atoms with Crippen LogP contribution in [0.3, 0.4) is 0 Å². The third-order valence-electron chi connectivity index (χ3n) is 4.16. The molecule has 0 radical (unpaired) electrons. The molecule has 0 fully saturated rings. The van der Waals surface area contributed by atoms with E-state index in [-0.39, 0.29) is 0 Å². The normalized spacial score (nSPS) is 11.7. The molecule has 0 bridgehead atoms. The first-order chi connectivity index (χ1) is 12.5. The van der Waals surface area contributed by atoms with Gasteiger partial charge < -0.3 is 15.5 Å². The predicted molar refractivity (Wildman–Crippen MR) is 114 cm³/mol. The van der Waals surface area contributed by atoms with Crippen LogP contribution in [0, 0.1) is 6.92 Å². The van der Waals surface area contributed by atoms with Crippen molar-refractivity contribution in [2.75, 3.05) is 27.4 Å². The van der Waals surface area contributed by atoms with Gasteiger partial charge in [0.15, 0.2) is 5.96 Å². The second-order valence-corrected chi connectivity index (χ2v) is 7.45. The van der Waals surface area contributed by atoms with Crippen LogP contribution in [-0.2, 0) is 19.6 Å². The van der Waals surface area contributed by atoms with Crippen molar-refractivity contribution in [1.29, 1.82) is 0 Å². The van der Waals surface area contributed by atoms with E-state index < -0.39 is 0 Å². The van der Waals surface area contributed by atoms with E-state index in [0.717, 1.165) is 25.6 Å². The van der Waals surface area contributed by atoms with Crippen molar-refractivity contribution in [3.8, 4) is 0 Å². The first-order valence-electron chi connectivity index (χ1n) is 8.83. The molecule has 5 heteroatoms. The fourth-order valence-electron chi connectivity index (χ4n) is 2.80. The summed E-state index contributed by atoms with van der Waals surface area (Å²) in [7, 11) is 6.00. The Bertz CT molecular complexity index is 741.